The molecule has 1 atom stereocenters. The van der Waals surface area contributed by atoms with E-state index in [0.717, 1.165) is 36.9 Å². The van der Waals surface area contributed by atoms with Crippen LogP contribution >= 0.6 is 0 Å². The Hall–Kier alpha value is -0.890. The quantitative estimate of drug-likeness (QED) is 0.799. The maximum atomic E-state index is 13.5. The minimum atomic E-state index is -0.0914. The lowest BCUT2D eigenvalue weighted by Crippen LogP contribution is -2.41. The van der Waals surface area contributed by atoms with Crippen molar-refractivity contribution in [2.75, 3.05) is 6.54 Å². The van der Waals surface area contributed by atoms with E-state index in [1.165, 1.54) is 0 Å². The van der Waals surface area contributed by atoms with Crippen LogP contribution < -0.4 is 5.32 Å². The fraction of sp³-hybridized carbons (Fsp3) is 0.647. The molecule has 108 valence electrons. The lowest BCUT2D eigenvalue weighted by molar-refractivity contribution is 0.255. The molecule has 1 aromatic carbocycles. The molecule has 0 aliphatic rings. The van der Waals surface area contributed by atoms with Gasteiger partial charge in [0, 0.05) is 6.04 Å². The van der Waals surface area contributed by atoms with Gasteiger partial charge in [0.15, 0.2) is 0 Å². The Balaban J connectivity index is 2.62. The average Bonchev–Trinajstić information content (AvgIpc) is 2.32. The first kappa shape index (κ1) is 16.2. The first-order valence-electron chi connectivity index (χ1n) is 7.33. The molecule has 19 heavy (non-hydrogen) atoms. The van der Waals surface area contributed by atoms with Crippen LogP contribution in [0.15, 0.2) is 18.2 Å². The van der Waals surface area contributed by atoms with Crippen molar-refractivity contribution in [3.63, 3.8) is 0 Å². The van der Waals surface area contributed by atoms with Gasteiger partial charge in [-0.05, 0) is 55.3 Å². The van der Waals surface area contributed by atoms with Gasteiger partial charge in [-0.1, -0.05) is 39.8 Å². The number of aryl methyl sites for hydroxylation is 2. The molecule has 0 saturated carbocycles. The highest BCUT2D eigenvalue weighted by Gasteiger charge is 2.23. The van der Waals surface area contributed by atoms with Crippen LogP contribution in [0.5, 0.6) is 0 Å². The second-order valence-electron chi connectivity index (χ2n) is 6.49. The number of hydrogen-bond donors (Lipinski definition) is 1. The summed E-state index contributed by atoms with van der Waals surface area (Å²) < 4.78 is 13.5. The standard InChI is InChI=1S/C17H28FN/c1-6-11-19-16(17(3,4)5)10-9-14-8-7-13(2)15(18)12-14/h7-8,12,16,19H,6,9-11H2,1-5H3. The summed E-state index contributed by atoms with van der Waals surface area (Å²) in [5.74, 6) is -0.0914. The molecular formula is C17H28FN. The topological polar surface area (TPSA) is 12.0 Å². The predicted octanol–water partition coefficient (Wildman–Crippen LogP) is 4.48. The molecule has 1 unspecified atom stereocenters. The van der Waals surface area contributed by atoms with E-state index in [1.54, 1.807) is 13.0 Å². The van der Waals surface area contributed by atoms with Crippen molar-refractivity contribution in [2.24, 2.45) is 5.41 Å². The van der Waals surface area contributed by atoms with Crippen LogP contribution in [0.3, 0.4) is 0 Å². The summed E-state index contributed by atoms with van der Waals surface area (Å²) in [7, 11) is 0. The highest BCUT2D eigenvalue weighted by molar-refractivity contribution is 5.23. The van der Waals surface area contributed by atoms with Crippen molar-refractivity contribution in [2.45, 2.75) is 59.9 Å². The highest BCUT2D eigenvalue weighted by Crippen LogP contribution is 2.23. The van der Waals surface area contributed by atoms with Gasteiger partial charge in [-0.2, -0.15) is 0 Å². The van der Waals surface area contributed by atoms with Gasteiger partial charge in [-0.25, -0.2) is 4.39 Å². The monoisotopic (exact) mass is 265 g/mol. The van der Waals surface area contributed by atoms with Crippen molar-refractivity contribution in [3.8, 4) is 0 Å². The zero-order valence-electron chi connectivity index (χ0n) is 13.0. The van der Waals surface area contributed by atoms with E-state index in [1.807, 2.05) is 12.1 Å². The molecule has 1 N–H and O–H groups in total. The van der Waals surface area contributed by atoms with Crippen LogP contribution in [0, 0.1) is 18.2 Å². The van der Waals surface area contributed by atoms with Crippen molar-refractivity contribution >= 4 is 0 Å². The van der Waals surface area contributed by atoms with Crippen LogP contribution in [-0.2, 0) is 6.42 Å². The largest absolute Gasteiger partial charge is 0.313 e. The molecule has 0 saturated heterocycles. The summed E-state index contributed by atoms with van der Waals surface area (Å²) in [5.41, 5.74) is 2.05. The van der Waals surface area contributed by atoms with E-state index in [-0.39, 0.29) is 11.2 Å². The van der Waals surface area contributed by atoms with E-state index in [4.69, 9.17) is 0 Å². The van der Waals surface area contributed by atoms with E-state index in [9.17, 15) is 4.39 Å². The van der Waals surface area contributed by atoms with Gasteiger partial charge < -0.3 is 5.32 Å². The highest BCUT2D eigenvalue weighted by atomic mass is 19.1. The SMILES string of the molecule is CCCNC(CCc1ccc(C)c(F)c1)C(C)(C)C. The smallest absolute Gasteiger partial charge is 0.126 e. The van der Waals surface area contributed by atoms with Crippen LogP contribution in [0.25, 0.3) is 0 Å². The lowest BCUT2D eigenvalue weighted by Gasteiger charge is -2.32. The molecule has 0 radical (unpaired) electrons. The van der Waals surface area contributed by atoms with Gasteiger partial charge in [0.25, 0.3) is 0 Å². The molecule has 0 heterocycles. The summed E-state index contributed by atoms with van der Waals surface area (Å²) in [6.45, 7) is 11.8. The summed E-state index contributed by atoms with van der Waals surface area (Å²) >= 11 is 0. The molecule has 0 fully saturated rings. The summed E-state index contributed by atoms with van der Waals surface area (Å²) in [4.78, 5) is 0. The van der Waals surface area contributed by atoms with Crippen molar-refractivity contribution in [3.05, 3.63) is 35.1 Å². The third-order valence-corrected chi connectivity index (χ3v) is 3.64. The molecule has 0 aliphatic heterocycles. The Labute approximate surface area is 117 Å². The number of nitrogens with one attached hydrogen (secondary N) is 1. The third kappa shape index (κ3) is 5.32. The fourth-order valence-electron chi connectivity index (χ4n) is 2.26. The Morgan fingerprint density at radius 3 is 2.47 bits per heavy atom. The van der Waals surface area contributed by atoms with E-state index in [2.05, 4.69) is 33.0 Å². The van der Waals surface area contributed by atoms with Crippen molar-refractivity contribution in [1.82, 2.24) is 5.32 Å². The minimum absolute atomic E-state index is 0.0914. The Morgan fingerprint density at radius 2 is 1.95 bits per heavy atom. The van der Waals surface area contributed by atoms with Crippen LogP contribution in [-0.4, -0.2) is 12.6 Å². The Kier molecular flexibility index (Phi) is 5.99. The van der Waals surface area contributed by atoms with E-state index in [0.29, 0.717) is 6.04 Å². The third-order valence-electron chi connectivity index (χ3n) is 3.64. The van der Waals surface area contributed by atoms with Crippen LogP contribution in [0.1, 0.15) is 51.7 Å². The van der Waals surface area contributed by atoms with Gasteiger partial charge >= 0.3 is 0 Å². The molecule has 2 heteroatoms. The zero-order chi connectivity index (χ0) is 14.5. The lowest BCUT2D eigenvalue weighted by atomic mass is 9.83. The summed E-state index contributed by atoms with van der Waals surface area (Å²) in [6.07, 6.45) is 3.12. The molecular weight excluding hydrogens is 237 g/mol. The fourth-order valence-corrected chi connectivity index (χ4v) is 2.26. The second-order valence-corrected chi connectivity index (χ2v) is 6.49. The number of rotatable bonds is 6. The van der Waals surface area contributed by atoms with Crippen molar-refractivity contribution < 1.29 is 4.39 Å². The van der Waals surface area contributed by atoms with E-state index >= 15 is 0 Å². The normalized spacial score (nSPS) is 13.6. The molecule has 0 aromatic heterocycles. The molecule has 0 bridgehead atoms. The summed E-state index contributed by atoms with van der Waals surface area (Å²) in [5, 5.41) is 3.61. The predicted molar refractivity (Wildman–Crippen MR) is 81.0 cm³/mol. The van der Waals surface area contributed by atoms with Gasteiger partial charge in [0.05, 0.1) is 0 Å². The average molecular weight is 265 g/mol. The number of hydrogen-bond acceptors (Lipinski definition) is 1. The van der Waals surface area contributed by atoms with Crippen LogP contribution in [0.2, 0.25) is 0 Å². The molecule has 1 nitrogen and oxygen atoms in total. The molecule has 0 spiro atoms. The zero-order valence-corrected chi connectivity index (χ0v) is 13.0. The van der Waals surface area contributed by atoms with Gasteiger partial charge in [0.1, 0.15) is 5.82 Å². The van der Waals surface area contributed by atoms with Gasteiger partial charge in [0.2, 0.25) is 0 Å². The summed E-state index contributed by atoms with van der Waals surface area (Å²) in [6, 6.07) is 6.06. The number of halogens is 1. The molecule has 1 aromatic rings. The maximum absolute atomic E-state index is 13.5. The van der Waals surface area contributed by atoms with Gasteiger partial charge in [-0.3, -0.25) is 0 Å². The Morgan fingerprint density at radius 1 is 1.26 bits per heavy atom. The first-order valence-corrected chi connectivity index (χ1v) is 7.33. The van der Waals surface area contributed by atoms with Crippen LogP contribution in [0.4, 0.5) is 4.39 Å². The van der Waals surface area contributed by atoms with Crippen molar-refractivity contribution in [1.29, 1.82) is 0 Å². The van der Waals surface area contributed by atoms with E-state index < -0.39 is 0 Å². The first-order chi connectivity index (χ1) is 8.84. The molecule has 0 aliphatic carbocycles. The second kappa shape index (κ2) is 7.04. The Bertz CT molecular complexity index is 393. The van der Waals surface area contributed by atoms with Gasteiger partial charge in [-0.15, -0.1) is 0 Å². The molecule has 0 amide bonds. The maximum Gasteiger partial charge on any atom is 0.126 e. The minimum Gasteiger partial charge on any atom is -0.313 e. The number of benzene rings is 1. The molecule has 1 rings (SSSR count).